The predicted octanol–water partition coefficient (Wildman–Crippen LogP) is 4.12. The third kappa shape index (κ3) is 4.47. The van der Waals surface area contributed by atoms with Gasteiger partial charge in [0.15, 0.2) is 0 Å². The predicted molar refractivity (Wildman–Crippen MR) is 119 cm³/mol. The van der Waals surface area contributed by atoms with Gasteiger partial charge < -0.3 is 9.88 Å². The van der Waals surface area contributed by atoms with Gasteiger partial charge in [0.25, 0.3) is 11.6 Å². The molecule has 2 heterocycles. The minimum Gasteiger partial charge on any atom is -0.353 e. The smallest absolute Gasteiger partial charge is 0.270 e. The van der Waals surface area contributed by atoms with Gasteiger partial charge in [0, 0.05) is 50.7 Å². The Kier molecular flexibility index (Phi) is 6.06. The van der Waals surface area contributed by atoms with Gasteiger partial charge in [0.2, 0.25) is 0 Å². The number of aryl methyl sites for hydroxylation is 1. The second-order valence-electron chi connectivity index (χ2n) is 7.68. The molecule has 1 aromatic heterocycles. The maximum absolute atomic E-state index is 12.8. The van der Waals surface area contributed by atoms with E-state index in [1.807, 2.05) is 19.3 Å². The number of carbonyl (C=O) groups excluding carboxylic acids is 1. The van der Waals surface area contributed by atoms with Gasteiger partial charge in [-0.15, -0.1) is 0 Å². The standard InChI is InChI=1S/C23H23ClN4O3/c1-26-11-4-7-21(26)22(27-12-10-16-5-2-3-6-17(16)15-27)14-25-23(29)19-9-8-18(28(30)31)13-20(19)24/h2-9,11,13,22H,10,12,14-15H2,1H3,(H,25,29). The molecule has 1 aliphatic rings. The summed E-state index contributed by atoms with van der Waals surface area (Å²) in [5.74, 6) is -0.350. The molecule has 0 saturated carbocycles. The first kappa shape index (κ1) is 21.1. The second kappa shape index (κ2) is 8.91. The number of fused-ring (bicyclic) bond motifs is 1. The molecule has 0 saturated heterocycles. The quantitative estimate of drug-likeness (QED) is 0.463. The molecule has 0 radical (unpaired) electrons. The molecule has 2 aromatic carbocycles. The molecule has 0 spiro atoms. The van der Waals surface area contributed by atoms with Gasteiger partial charge in [-0.3, -0.25) is 19.8 Å². The summed E-state index contributed by atoms with van der Waals surface area (Å²) in [4.78, 5) is 25.5. The molecule has 0 aliphatic carbocycles. The lowest BCUT2D eigenvalue weighted by Gasteiger charge is -2.36. The van der Waals surface area contributed by atoms with E-state index in [0.29, 0.717) is 6.54 Å². The number of non-ortho nitro benzene ring substituents is 1. The largest absolute Gasteiger partial charge is 0.353 e. The number of aromatic nitrogens is 1. The number of hydrogen-bond donors (Lipinski definition) is 1. The molecule has 1 unspecified atom stereocenters. The fourth-order valence-electron chi connectivity index (χ4n) is 4.11. The highest BCUT2D eigenvalue weighted by molar-refractivity contribution is 6.34. The number of nitro groups is 1. The lowest BCUT2D eigenvalue weighted by Crippen LogP contribution is -2.41. The van der Waals surface area contributed by atoms with Crippen molar-refractivity contribution in [1.29, 1.82) is 0 Å². The zero-order valence-corrected chi connectivity index (χ0v) is 17.9. The molecule has 1 aliphatic heterocycles. The Balaban J connectivity index is 1.53. The van der Waals surface area contributed by atoms with Crippen LogP contribution in [0, 0.1) is 10.1 Å². The highest BCUT2D eigenvalue weighted by Gasteiger charge is 2.27. The average Bonchev–Trinajstić information content (AvgIpc) is 3.19. The fraction of sp³-hybridized carbons (Fsp3) is 0.261. The molecule has 4 rings (SSSR count). The summed E-state index contributed by atoms with van der Waals surface area (Å²) < 4.78 is 2.07. The van der Waals surface area contributed by atoms with Crippen molar-refractivity contribution < 1.29 is 9.72 Å². The Morgan fingerprint density at radius 2 is 1.97 bits per heavy atom. The Hall–Kier alpha value is -3.16. The van der Waals surface area contributed by atoms with Crippen molar-refractivity contribution in [3.05, 3.63) is 98.3 Å². The van der Waals surface area contributed by atoms with Crippen molar-refractivity contribution in [3.8, 4) is 0 Å². The SMILES string of the molecule is Cn1cccc1C(CNC(=O)c1ccc([N+](=O)[O-])cc1Cl)N1CCc2ccccc2C1. The first-order chi connectivity index (χ1) is 14.9. The van der Waals surface area contributed by atoms with Crippen LogP contribution in [0.15, 0.2) is 60.8 Å². The van der Waals surface area contributed by atoms with Crippen LogP contribution >= 0.6 is 11.6 Å². The molecule has 0 fully saturated rings. The Bertz CT molecular complexity index is 1130. The van der Waals surface area contributed by atoms with Crippen LogP contribution in [0.3, 0.4) is 0 Å². The first-order valence-electron chi connectivity index (χ1n) is 10.1. The summed E-state index contributed by atoms with van der Waals surface area (Å²) in [5.41, 5.74) is 3.86. The van der Waals surface area contributed by atoms with Crippen LogP contribution in [-0.2, 0) is 20.0 Å². The maximum Gasteiger partial charge on any atom is 0.270 e. The van der Waals surface area contributed by atoms with E-state index in [-0.39, 0.29) is 28.2 Å². The van der Waals surface area contributed by atoms with E-state index in [0.717, 1.165) is 25.2 Å². The van der Waals surface area contributed by atoms with E-state index in [4.69, 9.17) is 11.6 Å². The highest BCUT2D eigenvalue weighted by atomic mass is 35.5. The number of nitro benzene ring substituents is 1. The molecule has 1 amide bonds. The molecule has 1 atom stereocenters. The van der Waals surface area contributed by atoms with E-state index in [1.165, 1.54) is 29.3 Å². The number of benzene rings is 2. The van der Waals surface area contributed by atoms with Gasteiger partial charge in [-0.25, -0.2) is 0 Å². The number of hydrogen-bond acceptors (Lipinski definition) is 4. The Morgan fingerprint density at radius 1 is 1.19 bits per heavy atom. The van der Waals surface area contributed by atoms with Crippen LogP contribution in [-0.4, -0.2) is 33.4 Å². The Morgan fingerprint density at radius 3 is 2.65 bits per heavy atom. The number of nitrogens with zero attached hydrogens (tertiary/aromatic N) is 3. The van der Waals surface area contributed by atoms with Crippen molar-refractivity contribution >= 4 is 23.2 Å². The number of amides is 1. The molecule has 160 valence electrons. The third-order valence-electron chi connectivity index (χ3n) is 5.79. The van der Waals surface area contributed by atoms with E-state index in [2.05, 4.69) is 45.1 Å². The van der Waals surface area contributed by atoms with Crippen molar-refractivity contribution in [2.24, 2.45) is 7.05 Å². The van der Waals surface area contributed by atoms with Crippen LogP contribution < -0.4 is 5.32 Å². The van der Waals surface area contributed by atoms with Crippen molar-refractivity contribution in [3.63, 3.8) is 0 Å². The van der Waals surface area contributed by atoms with Crippen LogP contribution in [0.2, 0.25) is 5.02 Å². The highest BCUT2D eigenvalue weighted by Crippen LogP contribution is 2.28. The topological polar surface area (TPSA) is 80.4 Å². The van der Waals surface area contributed by atoms with E-state index in [1.54, 1.807) is 0 Å². The van der Waals surface area contributed by atoms with Crippen LogP contribution in [0.5, 0.6) is 0 Å². The summed E-state index contributed by atoms with van der Waals surface area (Å²) in [6, 6.07) is 16.4. The minimum absolute atomic E-state index is 0.0193. The summed E-state index contributed by atoms with van der Waals surface area (Å²) in [6.07, 6.45) is 2.95. The van der Waals surface area contributed by atoms with Gasteiger partial charge in [-0.2, -0.15) is 0 Å². The van der Waals surface area contributed by atoms with Crippen molar-refractivity contribution in [2.45, 2.75) is 19.0 Å². The van der Waals surface area contributed by atoms with Crippen molar-refractivity contribution in [1.82, 2.24) is 14.8 Å². The van der Waals surface area contributed by atoms with Gasteiger partial charge in [0.1, 0.15) is 0 Å². The summed E-state index contributed by atoms with van der Waals surface area (Å²) in [7, 11) is 2.00. The zero-order chi connectivity index (χ0) is 22.0. The van der Waals surface area contributed by atoms with Crippen LogP contribution in [0.4, 0.5) is 5.69 Å². The number of carbonyl (C=O) groups is 1. The molecular formula is C23H23ClN4O3. The molecule has 0 bridgehead atoms. The van der Waals surface area contributed by atoms with Crippen LogP contribution in [0.25, 0.3) is 0 Å². The Labute approximate surface area is 185 Å². The molecular weight excluding hydrogens is 416 g/mol. The second-order valence-corrected chi connectivity index (χ2v) is 8.09. The zero-order valence-electron chi connectivity index (χ0n) is 17.1. The maximum atomic E-state index is 12.8. The summed E-state index contributed by atoms with van der Waals surface area (Å²) in [5, 5.41) is 14.0. The average molecular weight is 439 g/mol. The molecule has 31 heavy (non-hydrogen) atoms. The van der Waals surface area contributed by atoms with E-state index >= 15 is 0 Å². The third-order valence-corrected chi connectivity index (χ3v) is 6.10. The van der Waals surface area contributed by atoms with Crippen molar-refractivity contribution in [2.75, 3.05) is 13.1 Å². The van der Waals surface area contributed by atoms with Gasteiger partial charge in [-0.1, -0.05) is 35.9 Å². The van der Waals surface area contributed by atoms with Gasteiger partial charge in [-0.05, 0) is 35.7 Å². The van der Waals surface area contributed by atoms with Gasteiger partial charge >= 0.3 is 0 Å². The lowest BCUT2D eigenvalue weighted by molar-refractivity contribution is -0.384. The molecule has 8 heteroatoms. The van der Waals surface area contributed by atoms with Gasteiger partial charge in [0.05, 0.1) is 21.6 Å². The van der Waals surface area contributed by atoms with Crippen LogP contribution in [0.1, 0.15) is 33.2 Å². The lowest BCUT2D eigenvalue weighted by atomic mass is 9.97. The minimum atomic E-state index is -0.535. The van der Waals surface area contributed by atoms with E-state index < -0.39 is 4.92 Å². The number of halogens is 1. The number of nitrogens with one attached hydrogen (secondary N) is 1. The number of rotatable bonds is 6. The summed E-state index contributed by atoms with van der Waals surface area (Å²) >= 11 is 6.13. The molecule has 1 N–H and O–H groups in total. The molecule has 7 nitrogen and oxygen atoms in total. The normalized spacial score (nSPS) is 14.6. The van der Waals surface area contributed by atoms with E-state index in [9.17, 15) is 14.9 Å². The fourth-order valence-corrected chi connectivity index (χ4v) is 4.37. The molecule has 3 aromatic rings. The summed E-state index contributed by atoms with van der Waals surface area (Å²) in [6.45, 7) is 2.09. The first-order valence-corrected chi connectivity index (χ1v) is 10.5. The monoisotopic (exact) mass is 438 g/mol.